The van der Waals surface area contributed by atoms with Gasteiger partial charge in [0.15, 0.2) is 12.2 Å². The van der Waals surface area contributed by atoms with Gasteiger partial charge in [-0.15, -0.1) is 0 Å². The van der Waals surface area contributed by atoms with Crippen LogP contribution in [0, 0.1) is 0 Å². The molecular weight excluding hydrogens is 1310 g/mol. The van der Waals surface area contributed by atoms with Crippen LogP contribution in [-0.4, -0.2) is 96.7 Å². The third kappa shape index (κ3) is 71.8. The van der Waals surface area contributed by atoms with Crippen LogP contribution in [0.4, 0.5) is 0 Å². The predicted octanol–water partition coefficient (Wildman–Crippen LogP) is 22.3. The summed E-state index contributed by atoms with van der Waals surface area (Å²) in [6.45, 7) is 4.56. The van der Waals surface area contributed by atoms with Gasteiger partial charge in [-0.3, -0.25) is 37.3 Å². The van der Waals surface area contributed by atoms with Gasteiger partial charge in [0, 0.05) is 25.7 Å². The molecule has 0 aromatic rings. The molecule has 574 valence electrons. The molecule has 0 saturated carbocycles. The summed E-state index contributed by atoms with van der Waals surface area (Å²) in [6, 6.07) is 0. The van der Waals surface area contributed by atoms with E-state index in [2.05, 4.69) is 137 Å². The summed E-state index contributed by atoms with van der Waals surface area (Å²) >= 11 is 0. The molecule has 0 aliphatic heterocycles. The number of aliphatic hydroxyl groups is 1. The minimum absolute atomic E-state index is 0.0637. The van der Waals surface area contributed by atoms with E-state index in [1.54, 1.807) is 0 Å². The molecule has 3 N–H and O–H groups in total. The number of allylic oxidation sites excluding steroid dienone is 20. The number of hydrogen-bond acceptors (Lipinski definition) is 15. The Morgan fingerprint density at radius 3 is 0.910 bits per heavy atom. The lowest BCUT2D eigenvalue weighted by molar-refractivity contribution is -0.161. The molecule has 5 unspecified atom stereocenters. The van der Waals surface area contributed by atoms with Crippen molar-refractivity contribution in [1.82, 2.24) is 0 Å². The zero-order valence-electron chi connectivity index (χ0n) is 62.6. The largest absolute Gasteiger partial charge is 0.472 e. The van der Waals surface area contributed by atoms with Gasteiger partial charge in [0.1, 0.15) is 19.3 Å². The van der Waals surface area contributed by atoms with Gasteiger partial charge in [0.05, 0.1) is 26.4 Å². The van der Waals surface area contributed by atoms with Crippen LogP contribution in [0.5, 0.6) is 0 Å². The average Bonchev–Trinajstić information content (AvgIpc) is 0.965. The van der Waals surface area contributed by atoms with Crippen LogP contribution in [0.15, 0.2) is 122 Å². The summed E-state index contributed by atoms with van der Waals surface area (Å²) in [5.41, 5.74) is 0. The molecule has 0 heterocycles. The van der Waals surface area contributed by atoms with E-state index in [0.717, 1.165) is 167 Å². The fourth-order valence-electron chi connectivity index (χ4n) is 9.96. The maximum absolute atomic E-state index is 13.1. The number of ether oxygens (including phenoxy) is 4. The number of esters is 4. The first kappa shape index (κ1) is 95.5. The highest BCUT2D eigenvalue weighted by Crippen LogP contribution is 2.45. The number of hydrogen-bond donors (Lipinski definition) is 3. The van der Waals surface area contributed by atoms with Crippen molar-refractivity contribution in [2.75, 3.05) is 39.6 Å². The first-order chi connectivity index (χ1) is 48.7. The Hall–Kier alpha value is -4.54. The van der Waals surface area contributed by atoms with Crippen LogP contribution < -0.4 is 0 Å². The van der Waals surface area contributed by atoms with E-state index in [4.69, 9.17) is 37.0 Å². The highest BCUT2D eigenvalue weighted by molar-refractivity contribution is 7.47. The standard InChI is InChI=1S/C81H138O17P2/c1-5-9-13-17-21-25-29-33-36-37-40-43-46-50-54-58-62-66-79(84)92-71-76(97-80(85)67-63-59-55-51-47-41-32-28-24-20-16-12-8-4)73-95-99(87,88)93-69-75(82)70-94-100(89,90)96-74-77(98-81(86)68-64-60-56-52-48-44-39-35-31-27-23-19-15-11-7-3)72-91-78(83)65-61-57-53-49-45-42-38-34-30-26-22-18-14-10-6-2/h9,13,16,20-22,25-26,28,32-36,38-40,43,50,54,75-77,82H,5-8,10-12,14-15,17-19,23-24,27,29-31,37,41-42,44-49,51-53,55-74H2,1-4H3,(H,87,88)(H,89,90)/b13-9-,20-16-,25-21-,26-22-,32-28-,36-33-,38-34-,39-35-,43-40-,54-50-. The Morgan fingerprint density at radius 1 is 0.290 bits per heavy atom. The van der Waals surface area contributed by atoms with Gasteiger partial charge in [-0.1, -0.05) is 258 Å². The summed E-state index contributed by atoms with van der Waals surface area (Å²) < 4.78 is 68.4. The molecule has 0 aromatic heterocycles. The average molecular weight is 1450 g/mol. The van der Waals surface area contributed by atoms with Crippen molar-refractivity contribution < 1.29 is 80.2 Å². The van der Waals surface area contributed by atoms with Crippen molar-refractivity contribution >= 4 is 39.5 Å². The summed E-state index contributed by atoms with van der Waals surface area (Å²) in [7, 11) is -9.98. The number of unbranched alkanes of at least 4 members (excludes halogenated alkanes) is 26. The van der Waals surface area contributed by atoms with Crippen molar-refractivity contribution in [3.63, 3.8) is 0 Å². The Balaban J connectivity index is 5.42. The molecule has 5 atom stereocenters. The highest BCUT2D eigenvalue weighted by atomic mass is 31.2. The van der Waals surface area contributed by atoms with Crippen molar-refractivity contribution in [2.45, 2.75) is 329 Å². The van der Waals surface area contributed by atoms with Crippen LogP contribution >= 0.6 is 15.6 Å². The lowest BCUT2D eigenvalue weighted by atomic mass is 10.1. The van der Waals surface area contributed by atoms with E-state index < -0.39 is 97.5 Å². The minimum Gasteiger partial charge on any atom is -0.462 e. The molecule has 0 bridgehead atoms. The lowest BCUT2D eigenvalue weighted by Gasteiger charge is -2.21. The number of rotatable bonds is 72. The molecule has 17 nitrogen and oxygen atoms in total. The second-order valence-corrected chi connectivity index (χ2v) is 28.5. The first-order valence-electron chi connectivity index (χ1n) is 38.8. The quantitative estimate of drug-likeness (QED) is 0.0169. The highest BCUT2D eigenvalue weighted by Gasteiger charge is 2.30. The molecule has 0 aromatic carbocycles. The molecule has 0 fully saturated rings. The maximum Gasteiger partial charge on any atom is 0.472 e. The third-order valence-electron chi connectivity index (χ3n) is 15.9. The SMILES string of the molecule is CC/C=C\C/C=C\C/C=C\C/C=C\C/C=C\CCCC(=O)OCC(COP(=O)(O)OCC(O)COP(=O)(O)OCC(COC(=O)CCCCCCC/C=C\C/C=C\CCCCC)OC(=O)CCCCCCC/C=C\CCCCCCCC)OC(=O)CCCCCCC/C=C\C/C=C\CCC. The number of aliphatic hydroxyl groups excluding tert-OH is 1. The summed E-state index contributed by atoms with van der Waals surface area (Å²) in [5.74, 6) is -2.28. The van der Waals surface area contributed by atoms with Gasteiger partial charge in [0.2, 0.25) is 0 Å². The van der Waals surface area contributed by atoms with Crippen LogP contribution in [-0.2, 0) is 65.4 Å². The van der Waals surface area contributed by atoms with E-state index in [1.165, 1.54) is 57.8 Å². The fraction of sp³-hybridized carbons (Fsp3) is 0.704. The minimum atomic E-state index is -4.99. The Bertz CT molecular complexity index is 2370. The fourth-order valence-corrected chi connectivity index (χ4v) is 11.5. The van der Waals surface area contributed by atoms with Gasteiger partial charge in [-0.05, 0) is 148 Å². The normalized spacial score (nSPS) is 14.6. The van der Waals surface area contributed by atoms with Crippen LogP contribution in [0.1, 0.15) is 310 Å². The molecule has 0 radical (unpaired) electrons. The molecule has 0 aliphatic rings. The molecule has 100 heavy (non-hydrogen) atoms. The first-order valence-corrected chi connectivity index (χ1v) is 41.8. The number of phosphoric ester groups is 2. The lowest BCUT2D eigenvalue weighted by Crippen LogP contribution is -2.30. The van der Waals surface area contributed by atoms with E-state index in [-0.39, 0.29) is 25.7 Å². The molecule has 0 aliphatic carbocycles. The molecule has 0 rings (SSSR count). The molecule has 19 heteroatoms. The van der Waals surface area contributed by atoms with E-state index >= 15 is 0 Å². The van der Waals surface area contributed by atoms with Crippen molar-refractivity contribution in [3.8, 4) is 0 Å². The third-order valence-corrected chi connectivity index (χ3v) is 17.8. The molecule has 0 saturated heterocycles. The summed E-state index contributed by atoms with van der Waals surface area (Å²) in [6.07, 6.45) is 79.0. The van der Waals surface area contributed by atoms with Gasteiger partial charge in [-0.25, -0.2) is 9.13 Å². The maximum atomic E-state index is 13.1. The zero-order valence-corrected chi connectivity index (χ0v) is 64.4. The number of carbonyl (C=O) groups excluding carboxylic acids is 4. The monoisotopic (exact) mass is 1440 g/mol. The van der Waals surface area contributed by atoms with Gasteiger partial charge in [-0.2, -0.15) is 0 Å². The van der Waals surface area contributed by atoms with E-state index in [9.17, 15) is 43.2 Å². The second-order valence-electron chi connectivity index (χ2n) is 25.6. The number of phosphoric acid groups is 2. The Kier molecular flexibility index (Phi) is 69.5. The molecule has 0 amide bonds. The van der Waals surface area contributed by atoms with Crippen LogP contribution in [0.2, 0.25) is 0 Å². The van der Waals surface area contributed by atoms with E-state index in [0.29, 0.717) is 32.1 Å². The van der Waals surface area contributed by atoms with Gasteiger partial charge < -0.3 is 33.8 Å². The van der Waals surface area contributed by atoms with Crippen LogP contribution in [0.25, 0.3) is 0 Å². The van der Waals surface area contributed by atoms with Gasteiger partial charge >= 0.3 is 39.5 Å². The smallest absolute Gasteiger partial charge is 0.462 e. The van der Waals surface area contributed by atoms with E-state index in [1.807, 2.05) is 12.2 Å². The topological polar surface area (TPSA) is 237 Å². The Morgan fingerprint density at radius 2 is 0.550 bits per heavy atom. The molecular formula is C81H138O17P2. The van der Waals surface area contributed by atoms with Crippen molar-refractivity contribution in [3.05, 3.63) is 122 Å². The number of carbonyl (C=O) groups is 4. The zero-order chi connectivity index (χ0) is 73.2. The summed E-state index contributed by atoms with van der Waals surface area (Å²) in [4.78, 5) is 72.9. The van der Waals surface area contributed by atoms with Crippen LogP contribution in [0.3, 0.4) is 0 Å². The van der Waals surface area contributed by atoms with Gasteiger partial charge in [0.25, 0.3) is 0 Å². The Labute approximate surface area is 606 Å². The van der Waals surface area contributed by atoms with Crippen molar-refractivity contribution in [1.29, 1.82) is 0 Å². The van der Waals surface area contributed by atoms with Crippen molar-refractivity contribution in [2.24, 2.45) is 0 Å². The summed E-state index contributed by atoms with van der Waals surface area (Å²) in [5, 5.41) is 10.6. The second kappa shape index (κ2) is 72.8. The molecule has 0 spiro atoms. The predicted molar refractivity (Wildman–Crippen MR) is 408 cm³/mol.